The van der Waals surface area contributed by atoms with Crippen molar-refractivity contribution >= 4 is 27.6 Å². The molecular weight excluding hydrogens is 475 g/mol. The summed E-state index contributed by atoms with van der Waals surface area (Å²) in [6.07, 6.45) is 5.10. The molecule has 0 spiro atoms. The Kier molecular flexibility index (Phi) is 6.66. The van der Waals surface area contributed by atoms with Crippen LogP contribution >= 0.6 is 0 Å². The van der Waals surface area contributed by atoms with E-state index < -0.39 is 32.4 Å². The number of halogens is 1. The summed E-state index contributed by atoms with van der Waals surface area (Å²) in [5, 5.41) is 2.25. The molecule has 0 radical (unpaired) electrons. The van der Waals surface area contributed by atoms with Crippen molar-refractivity contribution in [2.75, 3.05) is 16.6 Å². The lowest BCUT2D eigenvalue weighted by Gasteiger charge is -2.24. The van der Waals surface area contributed by atoms with E-state index in [1.54, 1.807) is 30.5 Å². The molecule has 1 aliphatic carbocycles. The zero-order chi connectivity index (χ0) is 25.2. The topological polar surface area (TPSA) is 136 Å². The summed E-state index contributed by atoms with van der Waals surface area (Å²) in [5.41, 5.74) is 0.204. The van der Waals surface area contributed by atoms with Gasteiger partial charge >= 0.3 is 0 Å². The molecule has 2 N–H and O–H groups in total. The molecule has 2 aromatic heterocycles. The lowest BCUT2D eigenvalue weighted by molar-refractivity contribution is -0.120. The van der Waals surface area contributed by atoms with Gasteiger partial charge in [-0.25, -0.2) is 27.8 Å². The van der Waals surface area contributed by atoms with Crippen LogP contribution < -0.4 is 14.8 Å². The number of benzene rings is 1. The van der Waals surface area contributed by atoms with E-state index in [0.29, 0.717) is 36.7 Å². The molecule has 1 saturated carbocycles. The highest BCUT2D eigenvalue weighted by atomic mass is 32.2. The average molecular weight is 501 g/mol. The van der Waals surface area contributed by atoms with Crippen LogP contribution in [0.1, 0.15) is 39.3 Å². The minimum Gasteiger partial charge on any atom is -0.477 e. The van der Waals surface area contributed by atoms with E-state index in [1.807, 2.05) is 6.92 Å². The molecular formula is C23H25FN6O4S. The quantitative estimate of drug-likeness (QED) is 0.457. The summed E-state index contributed by atoms with van der Waals surface area (Å²) in [4.78, 5) is 29.3. The molecule has 4 rings (SSSR count). The van der Waals surface area contributed by atoms with Crippen molar-refractivity contribution in [3.05, 3.63) is 54.4 Å². The maximum atomic E-state index is 14.6. The summed E-state index contributed by atoms with van der Waals surface area (Å²) < 4.78 is 46.6. The number of ether oxygens (including phenoxy) is 1. The molecule has 184 valence electrons. The second kappa shape index (κ2) is 9.53. The zero-order valence-electron chi connectivity index (χ0n) is 19.4. The molecule has 1 aromatic carbocycles. The number of anilines is 2. The number of carbonyl (C=O) groups excluding carboxylic acids is 1. The monoisotopic (exact) mass is 500 g/mol. The van der Waals surface area contributed by atoms with Gasteiger partial charge in [0.2, 0.25) is 27.8 Å². The summed E-state index contributed by atoms with van der Waals surface area (Å²) in [5.74, 6) is -1.21. The van der Waals surface area contributed by atoms with Crippen molar-refractivity contribution in [3.8, 4) is 17.1 Å². The molecule has 3 aromatic rings. The molecule has 0 bridgehead atoms. The number of amides is 1. The third-order valence-electron chi connectivity index (χ3n) is 5.44. The van der Waals surface area contributed by atoms with Gasteiger partial charge in [0.05, 0.1) is 47.3 Å². The Balaban J connectivity index is 1.50. The number of nitrogens with one attached hydrogen (secondary N) is 2. The molecule has 0 unspecified atom stereocenters. The van der Waals surface area contributed by atoms with Gasteiger partial charge in [-0.3, -0.25) is 14.5 Å². The molecule has 2 heterocycles. The minimum atomic E-state index is -3.63. The maximum Gasteiger partial charge on any atom is 0.237 e. The van der Waals surface area contributed by atoms with E-state index in [-0.39, 0.29) is 11.6 Å². The number of aromatic nitrogens is 4. The van der Waals surface area contributed by atoms with E-state index in [1.165, 1.54) is 20.0 Å². The normalized spacial score (nSPS) is 13.8. The van der Waals surface area contributed by atoms with E-state index in [0.717, 1.165) is 11.8 Å². The van der Waals surface area contributed by atoms with E-state index in [9.17, 15) is 17.6 Å². The van der Waals surface area contributed by atoms with Gasteiger partial charge in [0, 0.05) is 11.3 Å². The number of hydrogen-bond acceptors (Lipinski definition) is 8. The lowest BCUT2D eigenvalue weighted by Crippen LogP contribution is -2.37. The Bertz CT molecular complexity index is 1340. The Morgan fingerprint density at radius 1 is 1.14 bits per heavy atom. The van der Waals surface area contributed by atoms with E-state index >= 15 is 0 Å². The number of carbonyl (C=O) groups is 1. The third kappa shape index (κ3) is 5.53. The second-order valence-corrected chi connectivity index (χ2v) is 10.5. The molecule has 0 atom stereocenters. The predicted octanol–water partition coefficient (Wildman–Crippen LogP) is 3.29. The van der Waals surface area contributed by atoms with E-state index in [2.05, 4.69) is 30.0 Å². The van der Waals surface area contributed by atoms with Gasteiger partial charge in [-0.1, -0.05) is 12.1 Å². The molecule has 10 nitrogen and oxygen atoms in total. The number of sulfonamides is 1. The fourth-order valence-electron chi connectivity index (χ4n) is 3.27. The summed E-state index contributed by atoms with van der Waals surface area (Å²) >= 11 is 0. The number of rotatable bonds is 9. The van der Waals surface area contributed by atoms with Crippen molar-refractivity contribution in [2.24, 2.45) is 0 Å². The van der Waals surface area contributed by atoms with Gasteiger partial charge in [0.15, 0.2) is 5.82 Å². The first-order valence-electron chi connectivity index (χ1n) is 11.0. The standard InChI is InChI=1S/C23H25FN6O4S/c1-4-34-19-13-25-12-18(28-19)14-5-7-15(8-6-14)27-21(31)23(2,3)20-17(24)11-26-22(29-20)30-35(32,33)16-9-10-16/h5-8,11-13,16H,4,9-10H2,1-3H3,(H,27,31)(H,26,29,30). The van der Waals surface area contributed by atoms with Crippen molar-refractivity contribution < 1.29 is 22.3 Å². The first-order valence-corrected chi connectivity index (χ1v) is 12.6. The minimum absolute atomic E-state index is 0.224. The Morgan fingerprint density at radius 2 is 1.86 bits per heavy atom. The summed E-state index contributed by atoms with van der Waals surface area (Å²) in [7, 11) is -3.63. The van der Waals surface area contributed by atoms with Gasteiger partial charge in [0.1, 0.15) is 0 Å². The molecule has 0 saturated heterocycles. The fourth-order valence-corrected chi connectivity index (χ4v) is 4.54. The van der Waals surface area contributed by atoms with Crippen LogP contribution in [-0.2, 0) is 20.2 Å². The van der Waals surface area contributed by atoms with Crippen molar-refractivity contribution in [1.82, 2.24) is 19.9 Å². The van der Waals surface area contributed by atoms with Crippen molar-refractivity contribution in [2.45, 2.75) is 44.3 Å². The zero-order valence-corrected chi connectivity index (χ0v) is 20.3. The van der Waals surface area contributed by atoms with E-state index in [4.69, 9.17) is 4.74 Å². The van der Waals surface area contributed by atoms with Crippen molar-refractivity contribution in [3.63, 3.8) is 0 Å². The highest BCUT2D eigenvalue weighted by Crippen LogP contribution is 2.31. The molecule has 35 heavy (non-hydrogen) atoms. The van der Waals surface area contributed by atoms with Gasteiger partial charge in [-0.2, -0.15) is 0 Å². The lowest BCUT2D eigenvalue weighted by atomic mass is 9.87. The van der Waals surface area contributed by atoms with Crippen molar-refractivity contribution in [1.29, 1.82) is 0 Å². The van der Waals surface area contributed by atoms with Crippen LogP contribution in [0.2, 0.25) is 0 Å². The summed E-state index contributed by atoms with van der Waals surface area (Å²) in [6, 6.07) is 6.89. The average Bonchev–Trinajstić information content (AvgIpc) is 3.67. The largest absolute Gasteiger partial charge is 0.477 e. The Hall–Kier alpha value is -3.67. The van der Waals surface area contributed by atoms with Crippen LogP contribution in [0.25, 0.3) is 11.3 Å². The summed E-state index contributed by atoms with van der Waals surface area (Å²) in [6.45, 7) is 5.32. The molecule has 0 aliphatic heterocycles. The fraction of sp³-hybridized carbons (Fsp3) is 0.348. The highest BCUT2D eigenvalue weighted by molar-refractivity contribution is 7.93. The second-order valence-electron chi connectivity index (χ2n) is 8.57. The van der Waals surface area contributed by atoms with Gasteiger partial charge in [-0.15, -0.1) is 0 Å². The maximum absolute atomic E-state index is 14.6. The molecule has 12 heteroatoms. The van der Waals surface area contributed by atoms with Crippen LogP contribution in [0, 0.1) is 5.82 Å². The molecule has 1 amide bonds. The van der Waals surface area contributed by atoms with Gasteiger partial charge in [-0.05, 0) is 45.7 Å². The Labute approximate surface area is 202 Å². The highest BCUT2D eigenvalue weighted by Gasteiger charge is 2.38. The number of hydrogen-bond donors (Lipinski definition) is 2. The SMILES string of the molecule is CCOc1cncc(-c2ccc(NC(=O)C(C)(C)c3nc(NS(=O)(=O)C4CC4)ncc3F)cc2)n1. The van der Waals surface area contributed by atoms with Gasteiger partial charge in [0.25, 0.3) is 0 Å². The predicted molar refractivity (Wildman–Crippen MR) is 128 cm³/mol. The van der Waals surface area contributed by atoms with Crippen LogP contribution in [0.4, 0.5) is 16.0 Å². The van der Waals surface area contributed by atoms with Crippen LogP contribution in [0.5, 0.6) is 5.88 Å². The van der Waals surface area contributed by atoms with Gasteiger partial charge < -0.3 is 10.1 Å². The number of nitrogens with zero attached hydrogens (tertiary/aromatic N) is 4. The molecule has 1 aliphatic rings. The van der Waals surface area contributed by atoms with Crippen LogP contribution in [0.15, 0.2) is 42.9 Å². The van der Waals surface area contributed by atoms with Crippen LogP contribution in [0.3, 0.4) is 0 Å². The first kappa shape index (κ1) is 24.5. The smallest absolute Gasteiger partial charge is 0.237 e. The Morgan fingerprint density at radius 3 is 2.51 bits per heavy atom. The third-order valence-corrected chi connectivity index (χ3v) is 7.26. The van der Waals surface area contributed by atoms with Crippen LogP contribution in [-0.4, -0.2) is 46.1 Å². The first-order chi connectivity index (χ1) is 16.6. The molecule has 1 fully saturated rings.